The van der Waals surface area contributed by atoms with Crippen molar-refractivity contribution in [3.8, 4) is 5.75 Å². The van der Waals surface area contributed by atoms with Gasteiger partial charge in [-0.2, -0.15) is 4.31 Å². The summed E-state index contributed by atoms with van der Waals surface area (Å²) in [5.41, 5.74) is 2.04. The van der Waals surface area contributed by atoms with Crippen LogP contribution in [0.5, 0.6) is 5.75 Å². The molecule has 0 saturated carbocycles. The van der Waals surface area contributed by atoms with Crippen molar-refractivity contribution >= 4 is 21.6 Å². The van der Waals surface area contributed by atoms with Crippen molar-refractivity contribution in [3.63, 3.8) is 0 Å². The van der Waals surface area contributed by atoms with Crippen LogP contribution in [0.3, 0.4) is 0 Å². The maximum Gasteiger partial charge on any atom is 0.270 e. The van der Waals surface area contributed by atoms with Gasteiger partial charge >= 0.3 is 0 Å². The molecule has 0 saturated heterocycles. The molecule has 9 nitrogen and oxygen atoms in total. The molecule has 1 aliphatic rings. The number of rotatable bonds is 8. The summed E-state index contributed by atoms with van der Waals surface area (Å²) in [6, 6.07) is 11.0. The van der Waals surface area contributed by atoms with Crippen LogP contribution in [0.1, 0.15) is 27.9 Å². The van der Waals surface area contributed by atoms with Gasteiger partial charge in [-0.1, -0.05) is 12.1 Å². The Bertz CT molecular complexity index is 1050. The number of nitrogens with zero attached hydrogens (tertiary/aromatic N) is 2. The third-order valence-corrected chi connectivity index (χ3v) is 6.87. The molecule has 0 fully saturated rings. The second kappa shape index (κ2) is 9.23. The van der Waals surface area contributed by atoms with Crippen LogP contribution < -0.4 is 10.1 Å². The average molecular weight is 433 g/mol. The maximum absolute atomic E-state index is 12.7. The smallest absolute Gasteiger partial charge is 0.270 e. The first-order chi connectivity index (χ1) is 14.3. The first-order valence-corrected chi connectivity index (χ1v) is 11.1. The zero-order valence-electron chi connectivity index (χ0n) is 16.5. The summed E-state index contributed by atoms with van der Waals surface area (Å²) in [7, 11) is -1.86. The molecular weight excluding hydrogens is 410 g/mol. The molecule has 1 amide bonds. The van der Waals surface area contributed by atoms with E-state index in [4.69, 9.17) is 4.74 Å². The van der Waals surface area contributed by atoms with Gasteiger partial charge in [-0.3, -0.25) is 14.9 Å². The Hall–Kier alpha value is -2.98. The highest BCUT2D eigenvalue weighted by molar-refractivity contribution is 7.89. The summed E-state index contributed by atoms with van der Waals surface area (Å²) in [5, 5.41) is 13.4. The summed E-state index contributed by atoms with van der Waals surface area (Å²) in [6.07, 6.45) is 0.865. The van der Waals surface area contributed by atoms with Crippen LogP contribution in [0.2, 0.25) is 0 Å². The maximum atomic E-state index is 12.7. The normalized spacial score (nSPS) is 14.0. The quantitative estimate of drug-likeness (QED) is 0.387. The Morgan fingerprint density at radius 3 is 2.77 bits per heavy atom. The molecule has 1 N–H and O–H groups in total. The molecule has 0 radical (unpaired) electrons. The van der Waals surface area contributed by atoms with Crippen molar-refractivity contribution in [1.29, 1.82) is 0 Å². The van der Waals surface area contributed by atoms with Crippen molar-refractivity contribution in [2.45, 2.75) is 19.4 Å². The highest BCUT2D eigenvalue weighted by atomic mass is 32.2. The summed E-state index contributed by atoms with van der Waals surface area (Å²) < 4.78 is 32.0. The van der Waals surface area contributed by atoms with Gasteiger partial charge in [0.05, 0.1) is 17.8 Å². The number of carbonyl (C=O) groups is 1. The van der Waals surface area contributed by atoms with Gasteiger partial charge < -0.3 is 10.1 Å². The number of benzene rings is 2. The summed E-state index contributed by atoms with van der Waals surface area (Å²) >= 11 is 0. The van der Waals surface area contributed by atoms with Crippen LogP contribution in [0.4, 0.5) is 5.69 Å². The Labute approximate surface area is 174 Å². The van der Waals surface area contributed by atoms with Gasteiger partial charge in [0.1, 0.15) is 5.75 Å². The number of sulfonamides is 1. The number of ether oxygens (including phenoxy) is 1. The number of amides is 1. The van der Waals surface area contributed by atoms with E-state index in [2.05, 4.69) is 5.32 Å². The number of non-ortho nitro benzene ring substituents is 1. The van der Waals surface area contributed by atoms with Gasteiger partial charge in [-0.25, -0.2) is 8.42 Å². The van der Waals surface area contributed by atoms with Crippen LogP contribution in [-0.2, 0) is 23.0 Å². The van der Waals surface area contributed by atoms with Gasteiger partial charge in [0, 0.05) is 37.3 Å². The molecule has 0 bridgehead atoms. The molecule has 0 unspecified atom stereocenters. The van der Waals surface area contributed by atoms with Crippen molar-refractivity contribution in [3.05, 3.63) is 69.3 Å². The van der Waals surface area contributed by atoms with Gasteiger partial charge in [0.15, 0.2) is 0 Å². The van der Waals surface area contributed by atoms with Crippen molar-refractivity contribution in [2.24, 2.45) is 0 Å². The number of carbonyl (C=O) groups excluding carboxylic acids is 1. The van der Waals surface area contributed by atoms with Crippen molar-refractivity contribution in [2.75, 3.05) is 26.0 Å². The van der Waals surface area contributed by atoms with E-state index in [9.17, 15) is 23.3 Å². The molecule has 1 aliphatic heterocycles. The Kier molecular flexibility index (Phi) is 6.68. The summed E-state index contributed by atoms with van der Waals surface area (Å²) in [6.45, 7) is 0.882. The van der Waals surface area contributed by atoms with Crippen molar-refractivity contribution < 1.29 is 22.9 Å². The molecule has 2 aromatic rings. The lowest BCUT2D eigenvalue weighted by Crippen LogP contribution is -2.38. The SMILES string of the molecule is COc1ccc2c(c1)CCN(S(=O)(=O)CCCNC(=O)c1cccc([N+](=O)[O-])c1)C2. The molecule has 10 heteroatoms. The van der Waals surface area contributed by atoms with E-state index in [0.717, 1.165) is 16.9 Å². The first kappa shape index (κ1) is 21.7. The fourth-order valence-electron chi connectivity index (χ4n) is 3.32. The minimum atomic E-state index is -3.46. The van der Waals surface area contributed by atoms with E-state index in [1.165, 1.54) is 28.6 Å². The van der Waals surface area contributed by atoms with Gasteiger partial charge in [-0.05, 0) is 42.2 Å². The van der Waals surface area contributed by atoms with E-state index >= 15 is 0 Å². The topological polar surface area (TPSA) is 119 Å². The lowest BCUT2D eigenvalue weighted by atomic mass is 10.0. The molecule has 1 heterocycles. The van der Waals surface area contributed by atoms with E-state index in [1.54, 1.807) is 7.11 Å². The van der Waals surface area contributed by atoms with Crippen LogP contribution in [0.15, 0.2) is 42.5 Å². The molecule has 2 aromatic carbocycles. The molecular formula is C20H23N3O6S. The Morgan fingerprint density at radius 2 is 2.03 bits per heavy atom. The zero-order chi connectivity index (χ0) is 21.7. The van der Waals surface area contributed by atoms with Crippen LogP contribution in [0, 0.1) is 10.1 Å². The van der Waals surface area contributed by atoms with Crippen LogP contribution in [-0.4, -0.2) is 49.5 Å². The van der Waals surface area contributed by atoms with Crippen LogP contribution >= 0.6 is 0 Å². The lowest BCUT2D eigenvalue weighted by Gasteiger charge is -2.28. The standard InChI is InChI=1S/C20H23N3O6S/c1-29-19-7-6-17-14-22(10-8-15(17)13-19)30(27,28)11-3-9-21-20(24)16-4-2-5-18(12-16)23(25)26/h2,4-7,12-13H,3,8-11,14H2,1H3,(H,21,24). The Balaban J connectivity index is 1.51. The molecule has 3 rings (SSSR count). The van der Waals surface area contributed by atoms with E-state index in [1.807, 2.05) is 18.2 Å². The van der Waals surface area contributed by atoms with Gasteiger partial charge in [0.2, 0.25) is 10.0 Å². The average Bonchev–Trinajstić information content (AvgIpc) is 2.75. The van der Waals surface area contributed by atoms with Gasteiger partial charge in [0.25, 0.3) is 11.6 Å². The lowest BCUT2D eigenvalue weighted by molar-refractivity contribution is -0.384. The molecule has 0 spiro atoms. The highest BCUT2D eigenvalue weighted by Crippen LogP contribution is 2.25. The monoisotopic (exact) mass is 433 g/mol. The number of nitro groups is 1. The molecule has 0 aliphatic carbocycles. The second-order valence-electron chi connectivity index (χ2n) is 6.95. The summed E-state index contributed by atoms with van der Waals surface area (Å²) in [5.74, 6) is 0.190. The molecule has 0 atom stereocenters. The zero-order valence-corrected chi connectivity index (χ0v) is 17.4. The number of fused-ring (bicyclic) bond motifs is 1. The Morgan fingerprint density at radius 1 is 1.23 bits per heavy atom. The largest absolute Gasteiger partial charge is 0.497 e. The third kappa shape index (κ3) is 5.14. The van der Waals surface area contributed by atoms with E-state index < -0.39 is 20.9 Å². The minimum absolute atomic E-state index is 0.0896. The highest BCUT2D eigenvalue weighted by Gasteiger charge is 2.26. The molecule has 160 valence electrons. The van der Waals surface area contributed by atoms with Crippen molar-refractivity contribution in [1.82, 2.24) is 9.62 Å². The predicted molar refractivity (Wildman–Crippen MR) is 111 cm³/mol. The fourth-order valence-corrected chi connectivity index (χ4v) is 4.79. The number of hydrogen-bond acceptors (Lipinski definition) is 6. The minimum Gasteiger partial charge on any atom is -0.497 e. The molecule has 0 aromatic heterocycles. The van der Waals surface area contributed by atoms with Gasteiger partial charge in [-0.15, -0.1) is 0 Å². The number of methoxy groups -OCH3 is 1. The summed E-state index contributed by atoms with van der Waals surface area (Å²) in [4.78, 5) is 22.4. The second-order valence-corrected chi connectivity index (χ2v) is 9.04. The van der Waals surface area contributed by atoms with E-state index in [-0.39, 0.29) is 30.0 Å². The third-order valence-electron chi connectivity index (χ3n) is 4.97. The first-order valence-electron chi connectivity index (χ1n) is 9.46. The molecule has 30 heavy (non-hydrogen) atoms. The van der Waals surface area contributed by atoms with Crippen LogP contribution in [0.25, 0.3) is 0 Å². The predicted octanol–water partition coefficient (Wildman–Crippen LogP) is 2.11. The van der Waals surface area contributed by atoms with E-state index in [0.29, 0.717) is 19.5 Å². The number of hydrogen-bond donors (Lipinski definition) is 1. The number of nitrogens with one attached hydrogen (secondary N) is 1. The number of nitro benzene ring substituents is 1. The fraction of sp³-hybridized carbons (Fsp3) is 0.350.